The van der Waals surface area contributed by atoms with Crippen LogP contribution in [0.25, 0.3) is 0 Å². The molecule has 0 bridgehead atoms. The van der Waals surface area contributed by atoms with Crippen molar-refractivity contribution in [1.82, 2.24) is 0 Å². The number of anilines is 2. The molecule has 0 saturated carbocycles. The Morgan fingerprint density at radius 3 is 3.12 bits per heavy atom. The standard InChI is InChI=1S/C13H20N2S/c1-16-9-3-8-15-7-2-4-11-10-12(14)5-6-13(11)15/h5-6,10H,2-4,7-9,14H2,1H3. The molecule has 0 radical (unpaired) electrons. The van der Waals surface area contributed by atoms with Gasteiger partial charge in [0.1, 0.15) is 0 Å². The summed E-state index contributed by atoms with van der Waals surface area (Å²) in [5.74, 6) is 1.25. The first-order valence-corrected chi connectivity index (χ1v) is 7.33. The van der Waals surface area contributed by atoms with Gasteiger partial charge in [-0.15, -0.1) is 0 Å². The molecule has 0 spiro atoms. The lowest BCUT2D eigenvalue weighted by Crippen LogP contribution is -2.30. The highest BCUT2D eigenvalue weighted by molar-refractivity contribution is 7.98. The Labute approximate surface area is 102 Å². The number of aryl methyl sites for hydroxylation is 1. The van der Waals surface area contributed by atoms with E-state index in [1.54, 1.807) is 0 Å². The summed E-state index contributed by atoms with van der Waals surface area (Å²) in [7, 11) is 0. The lowest BCUT2D eigenvalue weighted by atomic mass is 10.0. The number of nitrogens with two attached hydrogens (primary N) is 1. The van der Waals surface area contributed by atoms with Gasteiger partial charge >= 0.3 is 0 Å². The first kappa shape index (κ1) is 11.6. The van der Waals surface area contributed by atoms with Crippen LogP contribution in [0.15, 0.2) is 18.2 Å². The van der Waals surface area contributed by atoms with Crippen molar-refractivity contribution in [3.63, 3.8) is 0 Å². The Hall–Kier alpha value is -0.830. The van der Waals surface area contributed by atoms with Crippen molar-refractivity contribution in [2.24, 2.45) is 0 Å². The molecule has 2 N–H and O–H groups in total. The van der Waals surface area contributed by atoms with Gasteiger partial charge in [0, 0.05) is 24.5 Å². The lowest BCUT2D eigenvalue weighted by molar-refractivity contribution is 0.683. The highest BCUT2D eigenvalue weighted by atomic mass is 32.2. The number of rotatable bonds is 4. The van der Waals surface area contributed by atoms with E-state index in [0.717, 1.165) is 5.69 Å². The fraction of sp³-hybridized carbons (Fsp3) is 0.538. The van der Waals surface area contributed by atoms with Crippen LogP contribution in [-0.2, 0) is 6.42 Å². The Morgan fingerprint density at radius 1 is 1.44 bits per heavy atom. The Bertz CT molecular complexity index is 352. The zero-order valence-corrected chi connectivity index (χ0v) is 10.7. The number of thioether (sulfide) groups is 1. The van der Waals surface area contributed by atoms with Crippen LogP contribution in [0.1, 0.15) is 18.4 Å². The zero-order valence-electron chi connectivity index (χ0n) is 9.91. The third-order valence-corrected chi connectivity index (χ3v) is 3.79. The molecule has 1 heterocycles. The highest BCUT2D eigenvalue weighted by Gasteiger charge is 2.15. The van der Waals surface area contributed by atoms with Gasteiger partial charge in [0.05, 0.1) is 0 Å². The van der Waals surface area contributed by atoms with E-state index >= 15 is 0 Å². The maximum Gasteiger partial charge on any atom is 0.0400 e. The Balaban J connectivity index is 2.07. The van der Waals surface area contributed by atoms with Crippen molar-refractivity contribution in [2.45, 2.75) is 19.3 Å². The minimum absolute atomic E-state index is 0.893. The van der Waals surface area contributed by atoms with Gasteiger partial charge in [-0.1, -0.05) is 0 Å². The molecule has 2 rings (SSSR count). The van der Waals surface area contributed by atoms with Crippen LogP contribution in [-0.4, -0.2) is 25.1 Å². The number of benzene rings is 1. The molecule has 1 aromatic carbocycles. The van der Waals surface area contributed by atoms with Crippen LogP contribution < -0.4 is 10.6 Å². The molecule has 2 nitrogen and oxygen atoms in total. The second kappa shape index (κ2) is 5.48. The summed E-state index contributed by atoms with van der Waals surface area (Å²) in [5, 5.41) is 0. The van der Waals surface area contributed by atoms with Crippen LogP contribution in [0.4, 0.5) is 11.4 Å². The largest absolute Gasteiger partial charge is 0.399 e. The van der Waals surface area contributed by atoms with Gasteiger partial charge in [-0.3, -0.25) is 0 Å². The molecule has 1 aliphatic heterocycles. The monoisotopic (exact) mass is 236 g/mol. The molecule has 0 aromatic heterocycles. The quantitative estimate of drug-likeness (QED) is 0.644. The van der Waals surface area contributed by atoms with Crippen LogP contribution in [0.3, 0.4) is 0 Å². The number of nitrogen functional groups attached to an aromatic ring is 1. The third-order valence-electron chi connectivity index (χ3n) is 3.09. The van der Waals surface area contributed by atoms with Crippen molar-refractivity contribution in [1.29, 1.82) is 0 Å². The Kier molecular flexibility index (Phi) is 3.99. The maximum absolute atomic E-state index is 5.83. The van der Waals surface area contributed by atoms with Gasteiger partial charge in [0.25, 0.3) is 0 Å². The van der Waals surface area contributed by atoms with Crippen molar-refractivity contribution in [3.05, 3.63) is 23.8 Å². The van der Waals surface area contributed by atoms with Gasteiger partial charge in [-0.25, -0.2) is 0 Å². The van der Waals surface area contributed by atoms with E-state index in [9.17, 15) is 0 Å². The SMILES string of the molecule is CSCCCN1CCCc2cc(N)ccc21. The normalized spacial score (nSPS) is 14.9. The minimum Gasteiger partial charge on any atom is -0.399 e. The summed E-state index contributed by atoms with van der Waals surface area (Å²) in [4.78, 5) is 2.51. The zero-order chi connectivity index (χ0) is 11.4. The van der Waals surface area contributed by atoms with Gasteiger partial charge in [0.2, 0.25) is 0 Å². The first-order chi connectivity index (χ1) is 7.81. The molecule has 16 heavy (non-hydrogen) atoms. The van der Waals surface area contributed by atoms with E-state index in [2.05, 4.69) is 23.3 Å². The molecule has 3 heteroatoms. The molecule has 1 aromatic rings. The Morgan fingerprint density at radius 2 is 2.31 bits per heavy atom. The molecular weight excluding hydrogens is 216 g/mol. The molecule has 0 amide bonds. The number of nitrogens with zero attached hydrogens (tertiary/aromatic N) is 1. The number of fused-ring (bicyclic) bond motifs is 1. The predicted molar refractivity (Wildman–Crippen MR) is 74.4 cm³/mol. The molecule has 0 aliphatic carbocycles. The second-order valence-electron chi connectivity index (χ2n) is 4.33. The third kappa shape index (κ3) is 2.64. The number of hydrogen-bond acceptors (Lipinski definition) is 3. The molecule has 0 unspecified atom stereocenters. The highest BCUT2D eigenvalue weighted by Crippen LogP contribution is 2.28. The van der Waals surface area contributed by atoms with E-state index in [0.29, 0.717) is 0 Å². The summed E-state index contributed by atoms with van der Waals surface area (Å²) in [6, 6.07) is 6.34. The van der Waals surface area contributed by atoms with Crippen LogP contribution in [0.5, 0.6) is 0 Å². The van der Waals surface area contributed by atoms with Crippen molar-refractivity contribution < 1.29 is 0 Å². The fourth-order valence-corrected chi connectivity index (χ4v) is 2.74. The molecule has 88 valence electrons. The van der Waals surface area contributed by atoms with E-state index in [1.165, 1.54) is 49.4 Å². The lowest BCUT2D eigenvalue weighted by Gasteiger charge is -2.31. The van der Waals surface area contributed by atoms with Crippen LogP contribution in [0.2, 0.25) is 0 Å². The summed E-state index contributed by atoms with van der Waals surface area (Å²) in [6.07, 6.45) is 5.88. The van der Waals surface area contributed by atoms with Crippen LogP contribution in [0, 0.1) is 0 Å². The average molecular weight is 236 g/mol. The van der Waals surface area contributed by atoms with Gasteiger partial charge in [-0.05, 0) is 55.0 Å². The maximum atomic E-state index is 5.83. The van der Waals surface area contributed by atoms with E-state index in [1.807, 2.05) is 17.8 Å². The molecule has 0 atom stereocenters. The number of hydrogen-bond donors (Lipinski definition) is 1. The van der Waals surface area contributed by atoms with Gasteiger partial charge in [0.15, 0.2) is 0 Å². The fourth-order valence-electron chi connectivity index (χ4n) is 2.33. The topological polar surface area (TPSA) is 29.3 Å². The van der Waals surface area contributed by atoms with E-state index in [4.69, 9.17) is 5.73 Å². The molecule has 0 saturated heterocycles. The second-order valence-corrected chi connectivity index (χ2v) is 5.31. The minimum atomic E-state index is 0.893. The summed E-state index contributed by atoms with van der Waals surface area (Å²) in [5.41, 5.74) is 9.55. The molecule has 1 aliphatic rings. The average Bonchev–Trinajstić information content (AvgIpc) is 2.29. The first-order valence-electron chi connectivity index (χ1n) is 5.93. The molecular formula is C13H20N2S. The van der Waals surface area contributed by atoms with Crippen LogP contribution >= 0.6 is 11.8 Å². The predicted octanol–water partition coefficient (Wildman–Crippen LogP) is 2.77. The summed E-state index contributed by atoms with van der Waals surface area (Å²) in [6.45, 7) is 2.38. The molecule has 0 fully saturated rings. The van der Waals surface area contributed by atoms with Gasteiger partial charge < -0.3 is 10.6 Å². The smallest absolute Gasteiger partial charge is 0.0400 e. The summed E-state index contributed by atoms with van der Waals surface area (Å²) < 4.78 is 0. The van der Waals surface area contributed by atoms with Crippen molar-refractivity contribution in [3.8, 4) is 0 Å². The summed E-state index contributed by atoms with van der Waals surface area (Å²) >= 11 is 1.93. The van der Waals surface area contributed by atoms with Crippen molar-refractivity contribution in [2.75, 3.05) is 35.7 Å². The van der Waals surface area contributed by atoms with Gasteiger partial charge in [-0.2, -0.15) is 11.8 Å². The van der Waals surface area contributed by atoms with E-state index < -0.39 is 0 Å². The van der Waals surface area contributed by atoms with Crippen molar-refractivity contribution >= 4 is 23.1 Å². The van der Waals surface area contributed by atoms with E-state index in [-0.39, 0.29) is 0 Å².